The first kappa shape index (κ1) is 24.0. The molecule has 0 saturated heterocycles. The summed E-state index contributed by atoms with van der Waals surface area (Å²) >= 11 is 3.41. The zero-order valence-electron chi connectivity index (χ0n) is 19.7. The highest BCUT2D eigenvalue weighted by Crippen LogP contribution is 2.21. The van der Waals surface area contributed by atoms with Crippen LogP contribution in [0.3, 0.4) is 0 Å². The minimum atomic E-state index is -0.0570. The second-order valence-corrected chi connectivity index (χ2v) is 9.42. The van der Waals surface area contributed by atoms with Gasteiger partial charge in [0.1, 0.15) is 11.6 Å². The van der Waals surface area contributed by atoms with Gasteiger partial charge in [-0.3, -0.25) is 4.79 Å². The number of carbonyl (C=O) groups excluding carboxylic acids is 1. The predicted octanol–water partition coefficient (Wildman–Crippen LogP) is 6.25. The number of ether oxygens (including phenoxy) is 1. The van der Waals surface area contributed by atoms with Crippen molar-refractivity contribution in [3.63, 3.8) is 0 Å². The molecule has 34 heavy (non-hydrogen) atoms. The van der Waals surface area contributed by atoms with E-state index in [-0.39, 0.29) is 5.91 Å². The zero-order valence-corrected chi connectivity index (χ0v) is 21.3. The summed E-state index contributed by atoms with van der Waals surface area (Å²) in [6.45, 7) is 6.25. The van der Waals surface area contributed by atoms with Crippen LogP contribution < -0.4 is 10.1 Å². The molecule has 176 valence electrons. The van der Waals surface area contributed by atoms with Gasteiger partial charge in [-0.25, -0.2) is 4.98 Å². The number of benzene rings is 3. The maximum Gasteiger partial charge on any atom is 0.251 e. The summed E-state index contributed by atoms with van der Waals surface area (Å²) in [5.74, 6) is 1.94. The van der Waals surface area contributed by atoms with E-state index in [1.807, 2.05) is 30.3 Å². The fourth-order valence-electron chi connectivity index (χ4n) is 4.01. The Bertz CT molecular complexity index is 1280. The lowest BCUT2D eigenvalue weighted by Crippen LogP contribution is -2.25. The minimum Gasteiger partial charge on any atom is -0.493 e. The van der Waals surface area contributed by atoms with Crippen LogP contribution in [-0.4, -0.2) is 28.6 Å². The molecule has 0 aliphatic rings. The molecule has 3 aromatic carbocycles. The molecule has 1 N–H and O–H groups in total. The van der Waals surface area contributed by atoms with Gasteiger partial charge in [0.2, 0.25) is 0 Å². The second-order valence-electron chi connectivity index (χ2n) is 8.51. The lowest BCUT2D eigenvalue weighted by Gasteiger charge is -2.12. The molecule has 1 amide bonds. The molecular weight excluding hydrogens is 490 g/mol. The molecule has 0 aliphatic heterocycles. The predicted molar refractivity (Wildman–Crippen MR) is 141 cm³/mol. The Balaban J connectivity index is 1.34. The second kappa shape index (κ2) is 11.3. The summed E-state index contributed by atoms with van der Waals surface area (Å²) in [7, 11) is 0. The quantitative estimate of drug-likeness (QED) is 0.252. The van der Waals surface area contributed by atoms with Crippen LogP contribution in [0.15, 0.2) is 71.2 Å². The number of imidazole rings is 1. The van der Waals surface area contributed by atoms with Gasteiger partial charge in [0, 0.05) is 29.5 Å². The highest BCUT2D eigenvalue weighted by molar-refractivity contribution is 9.10. The number of carbonyl (C=O) groups is 1. The van der Waals surface area contributed by atoms with Crippen LogP contribution in [0.1, 0.15) is 40.2 Å². The highest BCUT2D eigenvalue weighted by Gasteiger charge is 2.11. The van der Waals surface area contributed by atoms with Crippen LogP contribution in [0.5, 0.6) is 5.75 Å². The van der Waals surface area contributed by atoms with E-state index in [1.165, 1.54) is 5.56 Å². The number of fused-ring (bicyclic) bond motifs is 1. The fraction of sp³-hybridized carbons (Fsp3) is 0.286. The molecule has 0 radical (unpaired) electrons. The average Bonchev–Trinajstić information content (AvgIpc) is 3.19. The number of aromatic nitrogens is 2. The van der Waals surface area contributed by atoms with Crippen molar-refractivity contribution in [2.45, 2.75) is 39.7 Å². The van der Waals surface area contributed by atoms with Crippen LogP contribution >= 0.6 is 15.9 Å². The number of nitrogens with zero attached hydrogens (tertiary/aromatic N) is 2. The van der Waals surface area contributed by atoms with Crippen molar-refractivity contribution in [2.75, 3.05) is 13.2 Å². The van der Waals surface area contributed by atoms with Crippen molar-refractivity contribution >= 4 is 32.9 Å². The standard InChI is InChI=1S/C28H30BrN3O2/c1-20-13-14-21(2)26(18-20)34-17-7-16-32-25-11-4-3-10-24(25)31-27(32)12-6-15-30-28(33)22-8-5-9-23(29)19-22/h3-5,8-11,13-14,18-19H,6-7,12,15-17H2,1-2H3,(H,30,33). The lowest BCUT2D eigenvalue weighted by molar-refractivity contribution is 0.0953. The van der Waals surface area contributed by atoms with Gasteiger partial charge in [-0.2, -0.15) is 0 Å². The number of aryl methyl sites for hydroxylation is 4. The smallest absolute Gasteiger partial charge is 0.251 e. The maximum atomic E-state index is 12.4. The van der Waals surface area contributed by atoms with E-state index in [2.05, 4.69) is 76.1 Å². The number of amides is 1. The van der Waals surface area contributed by atoms with Crippen molar-refractivity contribution < 1.29 is 9.53 Å². The lowest BCUT2D eigenvalue weighted by atomic mass is 10.1. The van der Waals surface area contributed by atoms with Crippen LogP contribution in [0.2, 0.25) is 0 Å². The molecular formula is C28H30BrN3O2. The van der Waals surface area contributed by atoms with Crippen LogP contribution in [0.4, 0.5) is 0 Å². The monoisotopic (exact) mass is 519 g/mol. The van der Waals surface area contributed by atoms with Gasteiger partial charge >= 0.3 is 0 Å². The van der Waals surface area contributed by atoms with Crippen molar-refractivity contribution in [1.29, 1.82) is 0 Å². The molecule has 1 heterocycles. The van der Waals surface area contributed by atoms with Gasteiger partial charge in [-0.05, 0) is 74.2 Å². The Morgan fingerprint density at radius 1 is 1.03 bits per heavy atom. The first-order chi connectivity index (χ1) is 16.5. The molecule has 0 spiro atoms. The zero-order chi connectivity index (χ0) is 23.9. The summed E-state index contributed by atoms with van der Waals surface area (Å²) < 4.78 is 9.25. The van der Waals surface area contributed by atoms with Gasteiger partial charge in [0.15, 0.2) is 0 Å². The Hall–Kier alpha value is -3.12. The first-order valence-electron chi connectivity index (χ1n) is 11.7. The third kappa shape index (κ3) is 6.06. The molecule has 0 bridgehead atoms. The number of rotatable bonds is 10. The molecule has 0 aliphatic carbocycles. The van der Waals surface area contributed by atoms with Crippen molar-refractivity contribution in [3.8, 4) is 5.75 Å². The minimum absolute atomic E-state index is 0.0570. The molecule has 5 nitrogen and oxygen atoms in total. The number of nitrogens with one attached hydrogen (secondary N) is 1. The third-order valence-corrected chi connectivity index (χ3v) is 6.30. The van der Waals surface area contributed by atoms with Gasteiger partial charge < -0.3 is 14.6 Å². The number of para-hydroxylation sites is 2. The molecule has 0 unspecified atom stereocenters. The van der Waals surface area contributed by atoms with Gasteiger partial charge in [0.25, 0.3) is 5.91 Å². The first-order valence-corrected chi connectivity index (χ1v) is 12.5. The van der Waals surface area contributed by atoms with Crippen molar-refractivity contribution in [1.82, 2.24) is 14.9 Å². The highest BCUT2D eigenvalue weighted by atomic mass is 79.9. The summed E-state index contributed by atoms with van der Waals surface area (Å²) in [5, 5.41) is 3.01. The van der Waals surface area contributed by atoms with E-state index < -0.39 is 0 Å². The topological polar surface area (TPSA) is 56.1 Å². The number of hydrogen-bond acceptors (Lipinski definition) is 3. The molecule has 0 atom stereocenters. The van der Waals surface area contributed by atoms with Crippen LogP contribution in [0, 0.1) is 13.8 Å². The van der Waals surface area contributed by atoms with E-state index in [9.17, 15) is 4.79 Å². The van der Waals surface area contributed by atoms with Gasteiger partial charge in [0.05, 0.1) is 17.6 Å². The Morgan fingerprint density at radius 3 is 2.74 bits per heavy atom. The van der Waals surface area contributed by atoms with E-state index in [0.717, 1.165) is 58.5 Å². The summed E-state index contributed by atoms with van der Waals surface area (Å²) in [6.07, 6.45) is 2.51. The average molecular weight is 520 g/mol. The maximum absolute atomic E-state index is 12.4. The van der Waals surface area contributed by atoms with Crippen molar-refractivity contribution in [2.24, 2.45) is 0 Å². The van der Waals surface area contributed by atoms with Crippen molar-refractivity contribution in [3.05, 3.63) is 93.7 Å². The summed E-state index contributed by atoms with van der Waals surface area (Å²) in [6, 6.07) is 22.0. The molecule has 4 rings (SSSR count). The van der Waals surface area contributed by atoms with Crippen LogP contribution in [-0.2, 0) is 13.0 Å². The Labute approximate surface area is 209 Å². The van der Waals surface area contributed by atoms with E-state index in [1.54, 1.807) is 0 Å². The summed E-state index contributed by atoms with van der Waals surface area (Å²) in [4.78, 5) is 17.3. The van der Waals surface area contributed by atoms with Gasteiger partial charge in [-0.15, -0.1) is 0 Å². The molecule has 6 heteroatoms. The normalized spacial score (nSPS) is 11.0. The van der Waals surface area contributed by atoms with E-state index >= 15 is 0 Å². The van der Waals surface area contributed by atoms with Crippen LogP contribution in [0.25, 0.3) is 11.0 Å². The van der Waals surface area contributed by atoms with Gasteiger partial charge in [-0.1, -0.05) is 46.3 Å². The number of halogens is 1. The van der Waals surface area contributed by atoms with E-state index in [0.29, 0.717) is 18.7 Å². The Kier molecular flexibility index (Phi) is 8.01. The number of hydrogen-bond donors (Lipinski definition) is 1. The molecule has 0 saturated carbocycles. The largest absolute Gasteiger partial charge is 0.493 e. The Morgan fingerprint density at radius 2 is 1.88 bits per heavy atom. The molecule has 1 aromatic heterocycles. The SMILES string of the molecule is Cc1ccc(C)c(OCCCn2c(CCCNC(=O)c3cccc(Br)c3)nc3ccccc32)c1. The van der Waals surface area contributed by atoms with E-state index in [4.69, 9.17) is 9.72 Å². The fourth-order valence-corrected chi connectivity index (χ4v) is 4.41. The summed E-state index contributed by atoms with van der Waals surface area (Å²) in [5.41, 5.74) is 5.17. The molecule has 0 fully saturated rings. The molecule has 4 aromatic rings. The third-order valence-electron chi connectivity index (χ3n) is 5.81.